The van der Waals surface area contributed by atoms with Gasteiger partial charge in [-0.1, -0.05) is 36.5 Å². The van der Waals surface area contributed by atoms with Gasteiger partial charge in [0, 0.05) is 11.1 Å². The van der Waals surface area contributed by atoms with E-state index in [1.54, 1.807) is 25.1 Å². The first kappa shape index (κ1) is 16.1. The predicted octanol–water partition coefficient (Wildman–Crippen LogP) is 4.10. The third-order valence-electron chi connectivity index (χ3n) is 2.80. The molecule has 0 saturated carbocycles. The summed E-state index contributed by atoms with van der Waals surface area (Å²) in [7, 11) is 0. The average Bonchev–Trinajstić information content (AvgIpc) is 2.34. The molecule has 106 valence electrons. The van der Waals surface area contributed by atoms with E-state index >= 15 is 0 Å². The van der Waals surface area contributed by atoms with Crippen LogP contribution in [0.2, 0.25) is 10.0 Å². The lowest BCUT2D eigenvalue weighted by Crippen LogP contribution is -2.42. The fourth-order valence-corrected chi connectivity index (χ4v) is 2.12. The Morgan fingerprint density at radius 1 is 1.32 bits per heavy atom. The number of rotatable bonds is 6. The van der Waals surface area contributed by atoms with Gasteiger partial charge in [0.1, 0.15) is 6.04 Å². The average molecular weight is 303 g/mol. The predicted molar refractivity (Wildman–Crippen MR) is 82.1 cm³/mol. The molecule has 19 heavy (non-hydrogen) atoms. The Bertz CT molecular complexity index is 437. The molecule has 3 nitrogen and oxygen atoms in total. The number of hydrogen-bond acceptors (Lipinski definition) is 2. The molecule has 0 aliphatic rings. The summed E-state index contributed by atoms with van der Waals surface area (Å²) >= 11 is 12.0. The molecule has 2 N–H and O–H groups in total. The van der Waals surface area contributed by atoms with E-state index in [0.717, 1.165) is 12.8 Å². The highest BCUT2D eigenvalue weighted by Gasteiger charge is 2.15. The molecule has 2 atom stereocenters. The largest absolute Gasteiger partial charge is 0.373 e. The summed E-state index contributed by atoms with van der Waals surface area (Å²) in [5, 5.41) is 7.16. The Morgan fingerprint density at radius 3 is 2.63 bits per heavy atom. The smallest absolute Gasteiger partial charge is 0.242 e. The Morgan fingerprint density at radius 2 is 2.00 bits per heavy atom. The highest BCUT2D eigenvalue weighted by Crippen LogP contribution is 2.25. The minimum absolute atomic E-state index is 0.0445. The maximum atomic E-state index is 12.0. The minimum Gasteiger partial charge on any atom is -0.373 e. The van der Waals surface area contributed by atoms with Crippen LogP contribution in [-0.2, 0) is 4.79 Å². The molecule has 5 heteroatoms. The van der Waals surface area contributed by atoms with Crippen LogP contribution in [0, 0.1) is 0 Å². The van der Waals surface area contributed by atoms with Gasteiger partial charge in [0.15, 0.2) is 0 Å². The first-order valence-electron chi connectivity index (χ1n) is 6.46. The summed E-state index contributed by atoms with van der Waals surface area (Å²) in [6.45, 7) is 5.89. The zero-order valence-corrected chi connectivity index (χ0v) is 13.0. The highest BCUT2D eigenvalue weighted by atomic mass is 35.5. The molecule has 1 amide bonds. The van der Waals surface area contributed by atoms with Crippen LogP contribution in [0.1, 0.15) is 33.6 Å². The van der Waals surface area contributed by atoms with Crippen LogP contribution < -0.4 is 10.6 Å². The van der Waals surface area contributed by atoms with Crippen molar-refractivity contribution in [1.29, 1.82) is 0 Å². The number of hydrogen-bond donors (Lipinski definition) is 2. The molecule has 0 radical (unpaired) electrons. The Kier molecular flexibility index (Phi) is 6.46. The van der Waals surface area contributed by atoms with Crippen LogP contribution >= 0.6 is 23.2 Å². The Balaban J connectivity index is 2.61. The number of nitrogens with one attached hydrogen (secondary N) is 2. The van der Waals surface area contributed by atoms with Crippen molar-refractivity contribution in [3.63, 3.8) is 0 Å². The van der Waals surface area contributed by atoms with Gasteiger partial charge in [0.05, 0.1) is 10.7 Å². The van der Waals surface area contributed by atoms with Crippen molar-refractivity contribution in [3.8, 4) is 0 Å². The number of anilines is 1. The lowest BCUT2D eigenvalue weighted by Gasteiger charge is -2.19. The van der Waals surface area contributed by atoms with E-state index in [9.17, 15) is 4.79 Å². The van der Waals surface area contributed by atoms with Gasteiger partial charge in [-0.25, -0.2) is 0 Å². The van der Waals surface area contributed by atoms with Gasteiger partial charge in [-0.15, -0.1) is 0 Å². The van der Waals surface area contributed by atoms with E-state index in [0.29, 0.717) is 15.7 Å². The lowest BCUT2D eigenvalue weighted by atomic mass is 10.2. The molecule has 2 unspecified atom stereocenters. The molecule has 0 spiro atoms. The number of benzene rings is 1. The third-order valence-corrected chi connectivity index (χ3v) is 3.37. The SMILES string of the molecule is CCCC(C)NC(=O)C(C)Nc1cc(Cl)ccc1Cl. The fourth-order valence-electron chi connectivity index (χ4n) is 1.78. The first-order chi connectivity index (χ1) is 8.93. The van der Waals surface area contributed by atoms with Crippen LogP contribution in [0.15, 0.2) is 18.2 Å². The second-order valence-corrected chi connectivity index (χ2v) is 5.53. The number of amides is 1. The molecule has 0 saturated heterocycles. The summed E-state index contributed by atoms with van der Waals surface area (Å²) < 4.78 is 0. The van der Waals surface area contributed by atoms with Gasteiger partial charge in [-0.05, 0) is 38.5 Å². The monoisotopic (exact) mass is 302 g/mol. The van der Waals surface area contributed by atoms with E-state index < -0.39 is 0 Å². The van der Waals surface area contributed by atoms with Gasteiger partial charge < -0.3 is 10.6 Å². The molecule has 1 aromatic carbocycles. The van der Waals surface area contributed by atoms with Gasteiger partial charge in [0.25, 0.3) is 0 Å². The van der Waals surface area contributed by atoms with Crippen LogP contribution in [0.4, 0.5) is 5.69 Å². The van der Waals surface area contributed by atoms with Gasteiger partial charge in [-0.2, -0.15) is 0 Å². The van der Waals surface area contributed by atoms with E-state index in [1.807, 2.05) is 6.92 Å². The number of halogens is 2. The second kappa shape index (κ2) is 7.61. The van der Waals surface area contributed by atoms with Gasteiger partial charge in [0.2, 0.25) is 5.91 Å². The standard InChI is InChI=1S/C14H20Cl2N2O/c1-4-5-9(2)17-14(19)10(3)18-13-8-11(15)6-7-12(13)16/h6-10,18H,4-5H2,1-3H3,(H,17,19). The highest BCUT2D eigenvalue weighted by molar-refractivity contribution is 6.35. The molecule has 0 aliphatic heterocycles. The molecular formula is C14H20Cl2N2O. The maximum Gasteiger partial charge on any atom is 0.242 e. The van der Waals surface area contributed by atoms with E-state index in [4.69, 9.17) is 23.2 Å². The zero-order valence-electron chi connectivity index (χ0n) is 11.5. The number of carbonyl (C=O) groups is 1. The fraction of sp³-hybridized carbons (Fsp3) is 0.500. The van der Waals surface area contributed by atoms with Crippen molar-refractivity contribution in [2.45, 2.75) is 45.7 Å². The van der Waals surface area contributed by atoms with Crippen molar-refractivity contribution >= 4 is 34.8 Å². The van der Waals surface area contributed by atoms with E-state index in [2.05, 4.69) is 17.6 Å². The van der Waals surface area contributed by atoms with E-state index in [1.165, 1.54) is 0 Å². The summed E-state index contributed by atoms with van der Waals surface area (Å²) in [5.41, 5.74) is 0.667. The van der Waals surface area contributed by atoms with Crippen LogP contribution in [0.5, 0.6) is 0 Å². The summed E-state index contributed by atoms with van der Waals surface area (Å²) in [4.78, 5) is 12.0. The van der Waals surface area contributed by atoms with Crippen molar-refractivity contribution in [2.24, 2.45) is 0 Å². The molecule has 0 aliphatic carbocycles. The number of carbonyl (C=O) groups excluding carboxylic acids is 1. The van der Waals surface area contributed by atoms with Crippen LogP contribution in [0.25, 0.3) is 0 Å². The molecule has 0 bridgehead atoms. The molecule has 0 fully saturated rings. The normalized spacial score (nSPS) is 13.7. The van der Waals surface area contributed by atoms with Gasteiger partial charge >= 0.3 is 0 Å². The van der Waals surface area contributed by atoms with Crippen molar-refractivity contribution in [2.75, 3.05) is 5.32 Å². The minimum atomic E-state index is -0.365. The van der Waals surface area contributed by atoms with Crippen molar-refractivity contribution < 1.29 is 4.79 Å². The lowest BCUT2D eigenvalue weighted by molar-refractivity contribution is -0.122. The second-order valence-electron chi connectivity index (χ2n) is 4.69. The van der Waals surface area contributed by atoms with Crippen molar-refractivity contribution in [1.82, 2.24) is 5.32 Å². The van der Waals surface area contributed by atoms with E-state index in [-0.39, 0.29) is 18.0 Å². The molecular weight excluding hydrogens is 283 g/mol. The first-order valence-corrected chi connectivity index (χ1v) is 7.21. The molecule has 1 rings (SSSR count). The summed E-state index contributed by atoms with van der Waals surface area (Å²) in [6, 6.07) is 4.94. The quantitative estimate of drug-likeness (QED) is 0.830. The molecule has 0 aromatic heterocycles. The molecule has 0 heterocycles. The summed E-state index contributed by atoms with van der Waals surface area (Å²) in [5.74, 6) is -0.0445. The summed E-state index contributed by atoms with van der Waals surface area (Å²) in [6.07, 6.45) is 2.01. The Labute approximate surface area is 124 Å². The van der Waals surface area contributed by atoms with Crippen LogP contribution in [0.3, 0.4) is 0 Å². The third kappa shape index (κ3) is 5.29. The molecule has 1 aromatic rings. The van der Waals surface area contributed by atoms with Crippen LogP contribution in [-0.4, -0.2) is 18.0 Å². The maximum absolute atomic E-state index is 12.0. The Hall–Kier alpha value is -0.930. The van der Waals surface area contributed by atoms with Crippen molar-refractivity contribution in [3.05, 3.63) is 28.2 Å². The zero-order chi connectivity index (χ0) is 14.4. The van der Waals surface area contributed by atoms with Gasteiger partial charge in [-0.3, -0.25) is 4.79 Å². The topological polar surface area (TPSA) is 41.1 Å².